The molecule has 0 fully saturated rings. The predicted octanol–water partition coefficient (Wildman–Crippen LogP) is 5.22. The van der Waals surface area contributed by atoms with Crippen molar-refractivity contribution in [1.82, 2.24) is 9.97 Å². The highest BCUT2D eigenvalue weighted by Gasteiger charge is 2.20. The lowest BCUT2D eigenvalue weighted by atomic mass is 9.95. The van der Waals surface area contributed by atoms with Crippen molar-refractivity contribution in [2.24, 2.45) is 0 Å². The summed E-state index contributed by atoms with van der Waals surface area (Å²) < 4.78 is 57.7. The largest absolute Gasteiger partial charge is 0.768 e. The van der Waals surface area contributed by atoms with Gasteiger partial charge < -0.3 is 4.55 Å². The van der Waals surface area contributed by atoms with Gasteiger partial charge in [-0.3, -0.25) is 18.7 Å². The van der Waals surface area contributed by atoms with Crippen LogP contribution in [0.2, 0.25) is 0 Å². The number of aromatic nitrogens is 2. The molecule has 1 atom stereocenters. The summed E-state index contributed by atoms with van der Waals surface area (Å²) >= 11 is -2.43. The Morgan fingerprint density at radius 3 is 1.77 bits per heavy atom. The van der Waals surface area contributed by atoms with Crippen LogP contribution in [0.5, 0.6) is 0 Å². The molecule has 5 aromatic rings. The van der Waals surface area contributed by atoms with Gasteiger partial charge in [0.2, 0.25) is 0 Å². The highest BCUT2D eigenvalue weighted by atomic mass is 32.2. The lowest BCUT2D eigenvalue weighted by Crippen LogP contribution is -2.02. The normalized spacial score (nSPS) is 12.8. The third-order valence-corrected chi connectivity index (χ3v) is 7.45. The summed E-state index contributed by atoms with van der Waals surface area (Å²) in [5.74, 6) is 0. The first-order chi connectivity index (χ1) is 16.6. The average molecular weight is 504 g/mol. The summed E-state index contributed by atoms with van der Waals surface area (Å²) in [5.41, 5.74) is 4.63. The third kappa shape index (κ3) is 4.12. The van der Waals surface area contributed by atoms with Crippen LogP contribution in [-0.4, -0.2) is 31.7 Å². The molecule has 176 valence electrons. The van der Waals surface area contributed by atoms with Gasteiger partial charge in [0.05, 0.1) is 11.0 Å². The average Bonchev–Trinajstić information content (AvgIpc) is 2.82. The van der Waals surface area contributed by atoms with Crippen LogP contribution in [-0.2, 0) is 21.2 Å². The molecular weight excluding hydrogens is 484 g/mol. The second-order valence-corrected chi connectivity index (χ2v) is 10.5. The molecule has 0 bridgehead atoms. The molecule has 3 aromatic carbocycles. The first kappa shape index (κ1) is 23.3. The molecule has 0 aliphatic heterocycles. The van der Waals surface area contributed by atoms with Gasteiger partial charge in [0.1, 0.15) is 4.90 Å². The van der Waals surface area contributed by atoms with E-state index in [4.69, 9.17) is 9.97 Å². The Morgan fingerprint density at radius 1 is 0.743 bits per heavy atom. The molecule has 35 heavy (non-hydrogen) atoms. The second-order valence-electron chi connectivity index (χ2n) is 8.18. The Morgan fingerprint density at radius 2 is 1.23 bits per heavy atom. The number of nitrogens with zero attached hydrogens (tertiary/aromatic N) is 2. The fourth-order valence-electron chi connectivity index (χ4n) is 4.43. The summed E-state index contributed by atoms with van der Waals surface area (Å²) in [4.78, 5) is 9.43. The summed E-state index contributed by atoms with van der Waals surface area (Å²) in [5, 5.41) is 1.37. The first-order valence-corrected chi connectivity index (χ1v) is 13.1. The van der Waals surface area contributed by atoms with Crippen LogP contribution in [0.4, 0.5) is 0 Å². The van der Waals surface area contributed by atoms with E-state index in [0.29, 0.717) is 55.4 Å². The first-order valence-electron chi connectivity index (χ1n) is 10.6. The van der Waals surface area contributed by atoms with Crippen molar-refractivity contribution in [2.75, 3.05) is 0 Å². The van der Waals surface area contributed by atoms with Crippen molar-refractivity contribution < 1.29 is 21.7 Å². The lowest BCUT2D eigenvalue weighted by molar-refractivity contribution is 0.483. The number of hydrogen-bond acceptors (Lipinski definition) is 6. The Balaban J connectivity index is 1.89. The molecular formula is C26H19N2O5S2-. The van der Waals surface area contributed by atoms with E-state index in [9.17, 15) is 21.7 Å². The number of hydrogen-bond donors (Lipinski definition) is 1. The predicted molar refractivity (Wildman–Crippen MR) is 134 cm³/mol. The van der Waals surface area contributed by atoms with Crippen LogP contribution < -0.4 is 0 Å². The molecule has 0 amide bonds. The van der Waals surface area contributed by atoms with Gasteiger partial charge in [0.25, 0.3) is 10.1 Å². The molecule has 0 spiro atoms. The minimum absolute atomic E-state index is 0.180. The number of rotatable bonds is 4. The fourth-order valence-corrected chi connectivity index (χ4v) is 5.68. The quantitative estimate of drug-likeness (QED) is 0.203. The molecule has 0 aliphatic rings. The van der Waals surface area contributed by atoms with Gasteiger partial charge in [-0.25, -0.2) is 0 Å². The fraction of sp³-hybridized carbons (Fsp3) is 0.0769. The highest BCUT2D eigenvalue weighted by molar-refractivity contribution is 7.86. The maximum absolute atomic E-state index is 12.1. The van der Waals surface area contributed by atoms with Gasteiger partial charge in [-0.2, -0.15) is 8.42 Å². The molecule has 1 unspecified atom stereocenters. The molecule has 7 nitrogen and oxygen atoms in total. The lowest BCUT2D eigenvalue weighted by Gasteiger charge is -2.16. The van der Waals surface area contributed by atoms with E-state index >= 15 is 0 Å². The molecule has 2 aromatic heterocycles. The Kier molecular flexibility index (Phi) is 5.72. The maximum Gasteiger partial charge on any atom is 0.295 e. The zero-order valence-corrected chi connectivity index (χ0v) is 20.4. The van der Waals surface area contributed by atoms with Crippen LogP contribution in [0.25, 0.3) is 44.1 Å². The smallest absolute Gasteiger partial charge is 0.295 e. The minimum Gasteiger partial charge on any atom is -0.768 e. The number of fused-ring (bicyclic) bond motifs is 3. The van der Waals surface area contributed by atoms with E-state index in [0.717, 1.165) is 0 Å². The van der Waals surface area contributed by atoms with E-state index in [2.05, 4.69) is 0 Å². The number of pyridine rings is 2. The monoisotopic (exact) mass is 503 g/mol. The maximum atomic E-state index is 12.1. The summed E-state index contributed by atoms with van der Waals surface area (Å²) in [6.07, 6.45) is 0. The molecule has 5 rings (SSSR count). The van der Waals surface area contributed by atoms with E-state index in [1.165, 1.54) is 6.07 Å². The van der Waals surface area contributed by atoms with E-state index in [-0.39, 0.29) is 9.79 Å². The van der Waals surface area contributed by atoms with E-state index in [1.54, 1.807) is 55.5 Å². The zero-order chi connectivity index (χ0) is 24.9. The van der Waals surface area contributed by atoms with Gasteiger partial charge in [0, 0.05) is 32.6 Å². The SMILES string of the molecule is Cc1cc(-c2ccccc2S(=O)[O-])c2ccc3c(-c4ccccc4S(=O)(=O)O)cc(C)nc3c2n1. The molecule has 0 saturated heterocycles. The van der Waals surface area contributed by atoms with E-state index < -0.39 is 21.2 Å². The summed E-state index contributed by atoms with van der Waals surface area (Å²) in [6.45, 7) is 3.62. The summed E-state index contributed by atoms with van der Waals surface area (Å²) in [7, 11) is -4.46. The van der Waals surface area contributed by atoms with Gasteiger partial charge in [-0.1, -0.05) is 48.5 Å². The Bertz CT molecular complexity index is 1780. The Labute approximate surface area is 204 Å². The van der Waals surface area contributed by atoms with Crippen molar-refractivity contribution >= 4 is 43.0 Å². The van der Waals surface area contributed by atoms with Crippen LogP contribution >= 0.6 is 0 Å². The minimum atomic E-state index is -4.46. The van der Waals surface area contributed by atoms with Crippen LogP contribution in [0, 0.1) is 13.8 Å². The van der Waals surface area contributed by atoms with Crippen LogP contribution in [0.3, 0.4) is 0 Å². The third-order valence-electron chi connectivity index (χ3n) is 5.83. The molecule has 0 aliphatic carbocycles. The topological polar surface area (TPSA) is 120 Å². The molecule has 0 radical (unpaired) electrons. The number of benzene rings is 3. The Hall–Kier alpha value is -3.50. The molecule has 9 heteroatoms. The standard InChI is InChI=1S/C26H20N2O5S2/c1-15-13-21(17-7-3-5-9-23(17)34(29)30)19-11-12-20-22(14-16(2)28-26(20)25(19)27-15)18-8-4-6-10-24(18)35(31,32)33/h3-14H,1-2H3,(H,29,30)(H,31,32,33)/p-1. The summed E-state index contributed by atoms with van der Waals surface area (Å²) in [6, 6.07) is 20.2. The van der Waals surface area contributed by atoms with Gasteiger partial charge in [0.15, 0.2) is 0 Å². The van der Waals surface area contributed by atoms with Crippen molar-refractivity contribution in [1.29, 1.82) is 0 Å². The van der Waals surface area contributed by atoms with Gasteiger partial charge in [-0.15, -0.1) is 0 Å². The van der Waals surface area contributed by atoms with Crippen LogP contribution in [0.15, 0.2) is 82.6 Å². The van der Waals surface area contributed by atoms with Crippen molar-refractivity contribution in [3.05, 3.63) is 84.2 Å². The number of aryl methyl sites for hydroxylation is 2. The highest BCUT2D eigenvalue weighted by Crippen LogP contribution is 2.39. The molecule has 1 N–H and O–H groups in total. The van der Waals surface area contributed by atoms with Crippen molar-refractivity contribution in [2.45, 2.75) is 23.6 Å². The second kappa shape index (κ2) is 8.62. The zero-order valence-electron chi connectivity index (χ0n) is 18.7. The van der Waals surface area contributed by atoms with Crippen molar-refractivity contribution in [3.63, 3.8) is 0 Å². The van der Waals surface area contributed by atoms with Gasteiger partial charge in [-0.05, 0) is 65.9 Å². The molecule has 2 heterocycles. The van der Waals surface area contributed by atoms with E-state index in [1.807, 2.05) is 25.1 Å². The molecule has 0 saturated carbocycles. The van der Waals surface area contributed by atoms with Crippen molar-refractivity contribution in [3.8, 4) is 22.3 Å². The van der Waals surface area contributed by atoms with Crippen LogP contribution in [0.1, 0.15) is 11.4 Å². The van der Waals surface area contributed by atoms with Gasteiger partial charge >= 0.3 is 0 Å².